The van der Waals surface area contributed by atoms with Crippen LogP contribution in [-0.4, -0.2) is 12.6 Å². The van der Waals surface area contributed by atoms with Crippen molar-refractivity contribution in [3.05, 3.63) is 24.0 Å². The molecule has 17 heavy (non-hydrogen) atoms. The van der Waals surface area contributed by atoms with Crippen molar-refractivity contribution in [1.29, 1.82) is 0 Å². The molecule has 0 amide bonds. The van der Waals surface area contributed by atoms with Crippen LogP contribution in [0.5, 0.6) is 0 Å². The van der Waals surface area contributed by atoms with Crippen LogP contribution in [0.2, 0.25) is 0 Å². The summed E-state index contributed by atoms with van der Waals surface area (Å²) in [5.74, 6) is -0.259. The lowest BCUT2D eigenvalue weighted by molar-refractivity contribution is 0.589. The van der Waals surface area contributed by atoms with Crippen LogP contribution in [0.3, 0.4) is 0 Å². The lowest BCUT2D eigenvalue weighted by atomic mass is 10.1. The molecule has 1 aromatic carbocycles. The van der Waals surface area contributed by atoms with Gasteiger partial charge >= 0.3 is 0 Å². The molecule has 0 aromatic heterocycles. The highest BCUT2D eigenvalue weighted by molar-refractivity contribution is 5.56. The van der Waals surface area contributed by atoms with E-state index in [0.717, 1.165) is 31.5 Å². The fraction of sp³-hybridized carbons (Fsp3) is 0.571. The number of nitrogens with zero attached hydrogens (tertiary/aromatic N) is 1. The monoisotopic (exact) mass is 238 g/mol. The molecule has 0 aliphatic carbocycles. The van der Waals surface area contributed by atoms with Crippen molar-refractivity contribution < 1.29 is 4.39 Å². The molecule has 1 atom stereocenters. The van der Waals surface area contributed by atoms with E-state index in [0.29, 0.717) is 11.7 Å². The SMILES string of the molecule is CCCCN(c1cc(N)cc(F)c1)C(C)CC. The molecule has 0 spiro atoms. The molecule has 0 saturated heterocycles. The smallest absolute Gasteiger partial charge is 0.127 e. The van der Waals surface area contributed by atoms with E-state index in [1.807, 2.05) is 6.07 Å². The number of hydrogen-bond donors (Lipinski definition) is 1. The number of anilines is 2. The summed E-state index contributed by atoms with van der Waals surface area (Å²) in [6, 6.07) is 5.18. The minimum absolute atomic E-state index is 0.259. The molecule has 0 heterocycles. The number of nitrogen functional groups attached to an aromatic ring is 1. The second-order valence-corrected chi connectivity index (χ2v) is 4.55. The average Bonchev–Trinajstić information content (AvgIpc) is 2.28. The van der Waals surface area contributed by atoms with Gasteiger partial charge in [0.1, 0.15) is 5.82 Å². The number of unbranched alkanes of at least 4 members (excludes halogenated alkanes) is 1. The van der Waals surface area contributed by atoms with Crippen LogP contribution in [0.25, 0.3) is 0 Å². The van der Waals surface area contributed by atoms with Gasteiger partial charge in [-0.3, -0.25) is 0 Å². The molecule has 96 valence electrons. The quantitative estimate of drug-likeness (QED) is 0.763. The maximum Gasteiger partial charge on any atom is 0.127 e. The van der Waals surface area contributed by atoms with E-state index in [9.17, 15) is 4.39 Å². The summed E-state index contributed by atoms with van der Waals surface area (Å²) in [7, 11) is 0. The third-order valence-electron chi connectivity index (χ3n) is 3.11. The fourth-order valence-corrected chi connectivity index (χ4v) is 1.91. The Morgan fingerprint density at radius 3 is 2.53 bits per heavy atom. The van der Waals surface area contributed by atoms with Crippen molar-refractivity contribution in [3.8, 4) is 0 Å². The predicted molar refractivity (Wildman–Crippen MR) is 72.8 cm³/mol. The zero-order valence-electron chi connectivity index (χ0n) is 11.0. The van der Waals surface area contributed by atoms with Crippen molar-refractivity contribution >= 4 is 11.4 Å². The van der Waals surface area contributed by atoms with Crippen molar-refractivity contribution in [3.63, 3.8) is 0 Å². The average molecular weight is 238 g/mol. The van der Waals surface area contributed by atoms with Gasteiger partial charge < -0.3 is 10.6 Å². The number of halogens is 1. The van der Waals surface area contributed by atoms with Gasteiger partial charge in [-0.25, -0.2) is 4.39 Å². The zero-order chi connectivity index (χ0) is 12.8. The summed E-state index contributed by atoms with van der Waals surface area (Å²) in [5.41, 5.74) is 7.09. The molecule has 0 radical (unpaired) electrons. The first-order valence-electron chi connectivity index (χ1n) is 6.41. The molecule has 1 unspecified atom stereocenters. The lowest BCUT2D eigenvalue weighted by Gasteiger charge is -2.31. The largest absolute Gasteiger partial charge is 0.399 e. The van der Waals surface area contributed by atoms with Crippen LogP contribution in [0.4, 0.5) is 15.8 Å². The number of nitrogens with two attached hydrogens (primary N) is 1. The van der Waals surface area contributed by atoms with Gasteiger partial charge in [0.25, 0.3) is 0 Å². The Morgan fingerprint density at radius 2 is 2.00 bits per heavy atom. The highest BCUT2D eigenvalue weighted by Crippen LogP contribution is 2.23. The summed E-state index contributed by atoms with van der Waals surface area (Å²) >= 11 is 0. The van der Waals surface area contributed by atoms with Crippen LogP contribution in [0, 0.1) is 5.82 Å². The van der Waals surface area contributed by atoms with E-state index < -0.39 is 0 Å². The van der Waals surface area contributed by atoms with Gasteiger partial charge in [0.2, 0.25) is 0 Å². The highest BCUT2D eigenvalue weighted by atomic mass is 19.1. The third kappa shape index (κ3) is 3.91. The Bertz CT molecular complexity index is 332. The second-order valence-electron chi connectivity index (χ2n) is 4.55. The molecule has 0 aliphatic rings. The molecule has 1 rings (SSSR count). The standard InChI is InChI=1S/C14H23FN2/c1-4-6-7-17(11(3)5-2)14-9-12(15)8-13(16)10-14/h8-11H,4-7,16H2,1-3H3. The number of benzene rings is 1. The molecule has 2 N–H and O–H groups in total. The molecule has 0 saturated carbocycles. The van der Waals surface area contributed by atoms with Crippen molar-refractivity contribution in [2.24, 2.45) is 0 Å². The van der Waals surface area contributed by atoms with Gasteiger partial charge in [-0.1, -0.05) is 20.3 Å². The molecule has 0 fully saturated rings. The van der Waals surface area contributed by atoms with Crippen LogP contribution < -0.4 is 10.6 Å². The van der Waals surface area contributed by atoms with E-state index in [1.165, 1.54) is 6.07 Å². The molecular weight excluding hydrogens is 215 g/mol. The normalized spacial score (nSPS) is 12.5. The van der Waals surface area contributed by atoms with Crippen molar-refractivity contribution in [1.82, 2.24) is 0 Å². The van der Waals surface area contributed by atoms with Gasteiger partial charge in [-0.05, 0) is 38.0 Å². The van der Waals surface area contributed by atoms with E-state index in [-0.39, 0.29) is 5.82 Å². The first-order chi connectivity index (χ1) is 8.08. The Hall–Kier alpha value is -1.25. The first kappa shape index (κ1) is 13.8. The third-order valence-corrected chi connectivity index (χ3v) is 3.11. The summed E-state index contributed by atoms with van der Waals surface area (Å²) in [6.45, 7) is 7.42. The summed E-state index contributed by atoms with van der Waals surface area (Å²) < 4.78 is 13.4. The first-order valence-corrected chi connectivity index (χ1v) is 6.41. The van der Waals surface area contributed by atoms with E-state index in [4.69, 9.17) is 5.73 Å². The summed E-state index contributed by atoms with van der Waals surface area (Å²) in [4.78, 5) is 2.24. The summed E-state index contributed by atoms with van der Waals surface area (Å²) in [5, 5.41) is 0. The van der Waals surface area contributed by atoms with Crippen LogP contribution in [0.15, 0.2) is 18.2 Å². The van der Waals surface area contributed by atoms with Gasteiger partial charge in [-0.15, -0.1) is 0 Å². The van der Waals surface area contributed by atoms with Gasteiger partial charge in [0, 0.05) is 24.0 Å². The Balaban J connectivity index is 2.94. The highest BCUT2D eigenvalue weighted by Gasteiger charge is 2.13. The van der Waals surface area contributed by atoms with E-state index in [1.54, 1.807) is 6.07 Å². The molecule has 1 aromatic rings. The molecular formula is C14H23FN2. The van der Waals surface area contributed by atoms with E-state index in [2.05, 4.69) is 25.7 Å². The van der Waals surface area contributed by atoms with Crippen LogP contribution in [-0.2, 0) is 0 Å². The predicted octanol–water partition coefficient (Wildman–Crippen LogP) is 3.81. The second kappa shape index (κ2) is 6.48. The van der Waals surface area contributed by atoms with Crippen LogP contribution >= 0.6 is 0 Å². The Labute approximate surface area is 104 Å². The maximum atomic E-state index is 13.4. The molecule has 0 aliphatic heterocycles. The zero-order valence-corrected chi connectivity index (χ0v) is 11.0. The van der Waals surface area contributed by atoms with Crippen molar-refractivity contribution in [2.45, 2.75) is 46.1 Å². The minimum Gasteiger partial charge on any atom is -0.399 e. The Morgan fingerprint density at radius 1 is 1.29 bits per heavy atom. The maximum absolute atomic E-state index is 13.4. The lowest BCUT2D eigenvalue weighted by Crippen LogP contribution is -2.33. The number of rotatable bonds is 6. The molecule has 0 bridgehead atoms. The van der Waals surface area contributed by atoms with Gasteiger partial charge in [0.15, 0.2) is 0 Å². The fourth-order valence-electron chi connectivity index (χ4n) is 1.91. The molecule has 3 heteroatoms. The van der Waals surface area contributed by atoms with Crippen molar-refractivity contribution in [2.75, 3.05) is 17.2 Å². The van der Waals surface area contributed by atoms with Crippen LogP contribution in [0.1, 0.15) is 40.0 Å². The van der Waals surface area contributed by atoms with Gasteiger partial charge in [0.05, 0.1) is 0 Å². The topological polar surface area (TPSA) is 29.3 Å². The number of hydrogen-bond acceptors (Lipinski definition) is 2. The minimum atomic E-state index is -0.259. The summed E-state index contributed by atoms with van der Waals surface area (Å²) in [6.07, 6.45) is 3.29. The van der Waals surface area contributed by atoms with E-state index >= 15 is 0 Å². The molecule has 2 nitrogen and oxygen atoms in total. The Kier molecular flexibility index (Phi) is 5.26. The van der Waals surface area contributed by atoms with Gasteiger partial charge in [-0.2, -0.15) is 0 Å².